The summed E-state index contributed by atoms with van der Waals surface area (Å²) in [5.74, 6) is -0.248. The average molecular weight is 343 g/mol. The van der Waals surface area contributed by atoms with Gasteiger partial charge in [-0.05, 0) is 36.4 Å². The molecular weight excluding hydrogens is 331 g/mol. The maximum Gasteiger partial charge on any atom is 0.255 e. The lowest BCUT2D eigenvalue weighted by Crippen LogP contribution is -2.12. The summed E-state index contributed by atoms with van der Waals surface area (Å²) >= 11 is 12.0. The Morgan fingerprint density at radius 2 is 1.70 bits per heavy atom. The average Bonchev–Trinajstić information content (AvgIpc) is 2.60. The number of hydrogen-bond donors (Lipinski definition) is 1. The highest BCUT2D eigenvalue weighted by molar-refractivity contribution is 6.44. The molecule has 0 aliphatic rings. The van der Waals surface area contributed by atoms with E-state index in [1.54, 1.807) is 36.5 Å². The van der Waals surface area contributed by atoms with Crippen LogP contribution < -0.4 is 5.32 Å². The van der Waals surface area contributed by atoms with Crippen LogP contribution in [0.2, 0.25) is 10.0 Å². The lowest BCUT2D eigenvalue weighted by molar-refractivity contribution is 0.102. The normalized spacial score (nSPS) is 10.3. The predicted molar refractivity (Wildman–Crippen MR) is 94.1 cm³/mol. The van der Waals surface area contributed by atoms with Crippen molar-refractivity contribution in [1.82, 2.24) is 4.98 Å². The van der Waals surface area contributed by atoms with E-state index in [4.69, 9.17) is 23.2 Å². The van der Waals surface area contributed by atoms with E-state index in [0.29, 0.717) is 21.3 Å². The highest BCUT2D eigenvalue weighted by Gasteiger charge is 2.10. The quantitative estimate of drug-likeness (QED) is 0.700. The molecule has 23 heavy (non-hydrogen) atoms. The number of benzene rings is 2. The number of nitrogens with one attached hydrogen (secondary N) is 1. The lowest BCUT2D eigenvalue weighted by atomic mass is 10.1. The summed E-state index contributed by atoms with van der Waals surface area (Å²) in [5.41, 5.74) is 2.82. The number of carbonyl (C=O) groups is 1. The first-order valence-electron chi connectivity index (χ1n) is 6.92. The Bertz CT molecular complexity index is 833. The van der Waals surface area contributed by atoms with Crippen molar-refractivity contribution >= 4 is 34.8 Å². The van der Waals surface area contributed by atoms with E-state index in [9.17, 15) is 4.79 Å². The predicted octanol–water partition coefficient (Wildman–Crippen LogP) is 5.31. The molecule has 1 N–H and O–H groups in total. The summed E-state index contributed by atoms with van der Waals surface area (Å²) in [4.78, 5) is 16.6. The van der Waals surface area contributed by atoms with Gasteiger partial charge in [-0.3, -0.25) is 9.78 Å². The van der Waals surface area contributed by atoms with E-state index in [2.05, 4.69) is 10.3 Å². The molecule has 1 heterocycles. The standard InChI is InChI=1S/C18H12Cl2N2O/c19-14-4-3-6-16(17(14)20)22-18(23)13-9-7-12(8-10-13)15-5-1-2-11-21-15/h1-11H,(H,22,23). The maximum absolute atomic E-state index is 12.3. The van der Waals surface area contributed by atoms with Gasteiger partial charge in [-0.1, -0.05) is 47.5 Å². The van der Waals surface area contributed by atoms with Gasteiger partial charge >= 0.3 is 0 Å². The van der Waals surface area contributed by atoms with Crippen molar-refractivity contribution in [3.63, 3.8) is 0 Å². The van der Waals surface area contributed by atoms with Crippen LogP contribution in [-0.2, 0) is 0 Å². The van der Waals surface area contributed by atoms with E-state index >= 15 is 0 Å². The summed E-state index contributed by atoms with van der Waals surface area (Å²) in [6, 6.07) is 18.0. The van der Waals surface area contributed by atoms with Crippen molar-refractivity contribution in [2.24, 2.45) is 0 Å². The number of amides is 1. The van der Waals surface area contributed by atoms with Gasteiger partial charge in [0.15, 0.2) is 0 Å². The summed E-state index contributed by atoms with van der Waals surface area (Å²) < 4.78 is 0. The Labute approximate surface area is 143 Å². The van der Waals surface area contributed by atoms with Crippen LogP contribution in [0.4, 0.5) is 5.69 Å². The van der Waals surface area contributed by atoms with Crippen molar-refractivity contribution in [2.45, 2.75) is 0 Å². The molecule has 3 aromatic rings. The maximum atomic E-state index is 12.3. The van der Waals surface area contributed by atoms with Crippen LogP contribution in [0.3, 0.4) is 0 Å². The van der Waals surface area contributed by atoms with Crippen molar-refractivity contribution in [3.8, 4) is 11.3 Å². The van der Waals surface area contributed by atoms with Crippen LogP contribution in [-0.4, -0.2) is 10.9 Å². The summed E-state index contributed by atoms with van der Waals surface area (Å²) in [5, 5.41) is 3.48. The minimum Gasteiger partial charge on any atom is -0.321 e. The van der Waals surface area contributed by atoms with Gasteiger partial charge in [-0.15, -0.1) is 0 Å². The van der Waals surface area contributed by atoms with Crippen molar-refractivity contribution in [2.75, 3.05) is 5.32 Å². The van der Waals surface area contributed by atoms with Gasteiger partial charge in [0.1, 0.15) is 0 Å². The molecule has 3 rings (SSSR count). The summed E-state index contributed by atoms with van der Waals surface area (Å²) in [7, 11) is 0. The minimum atomic E-state index is -0.248. The van der Waals surface area contributed by atoms with Gasteiger partial charge < -0.3 is 5.32 Å². The molecule has 0 saturated heterocycles. The summed E-state index contributed by atoms with van der Waals surface area (Å²) in [6.07, 6.45) is 1.73. The second-order valence-corrected chi connectivity index (χ2v) is 5.63. The zero-order valence-corrected chi connectivity index (χ0v) is 13.5. The van der Waals surface area contributed by atoms with Gasteiger partial charge in [0.2, 0.25) is 0 Å². The van der Waals surface area contributed by atoms with Gasteiger partial charge in [0.05, 0.1) is 21.4 Å². The number of aromatic nitrogens is 1. The number of anilines is 1. The molecule has 5 heteroatoms. The third kappa shape index (κ3) is 3.52. The molecule has 0 saturated carbocycles. The van der Waals surface area contributed by atoms with Crippen molar-refractivity contribution in [3.05, 3.63) is 82.5 Å². The van der Waals surface area contributed by atoms with Crippen molar-refractivity contribution < 1.29 is 4.79 Å². The number of carbonyl (C=O) groups excluding carboxylic acids is 1. The van der Waals surface area contributed by atoms with Crippen LogP contribution in [0.5, 0.6) is 0 Å². The molecule has 0 bridgehead atoms. The van der Waals surface area contributed by atoms with E-state index in [1.807, 2.05) is 30.3 Å². The fourth-order valence-corrected chi connectivity index (χ4v) is 2.47. The lowest BCUT2D eigenvalue weighted by Gasteiger charge is -2.08. The Kier molecular flexibility index (Phi) is 4.60. The van der Waals surface area contributed by atoms with E-state index in [1.165, 1.54) is 0 Å². The molecule has 0 atom stereocenters. The zero-order valence-electron chi connectivity index (χ0n) is 12.0. The fourth-order valence-electron chi connectivity index (χ4n) is 2.12. The molecule has 1 aromatic heterocycles. The molecule has 0 aliphatic heterocycles. The molecule has 0 spiro atoms. The smallest absolute Gasteiger partial charge is 0.255 e. The molecule has 0 radical (unpaired) electrons. The molecule has 0 fully saturated rings. The largest absolute Gasteiger partial charge is 0.321 e. The zero-order chi connectivity index (χ0) is 16.2. The number of halogens is 2. The second-order valence-electron chi connectivity index (χ2n) is 4.85. The van der Waals surface area contributed by atoms with Gasteiger partial charge in [0.25, 0.3) is 5.91 Å². The van der Waals surface area contributed by atoms with Crippen LogP contribution in [0.25, 0.3) is 11.3 Å². The Balaban J connectivity index is 1.79. The topological polar surface area (TPSA) is 42.0 Å². The van der Waals surface area contributed by atoms with E-state index in [0.717, 1.165) is 11.3 Å². The number of rotatable bonds is 3. The monoisotopic (exact) mass is 342 g/mol. The minimum absolute atomic E-state index is 0.248. The summed E-state index contributed by atoms with van der Waals surface area (Å²) in [6.45, 7) is 0. The fraction of sp³-hybridized carbons (Fsp3) is 0. The SMILES string of the molecule is O=C(Nc1cccc(Cl)c1Cl)c1ccc(-c2ccccn2)cc1. The highest BCUT2D eigenvalue weighted by atomic mass is 35.5. The molecule has 2 aromatic carbocycles. The molecular formula is C18H12Cl2N2O. The van der Waals surface area contributed by atoms with Gasteiger partial charge in [-0.2, -0.15) is 0 Å². The Hall–Kier alpha value is -2.36. The molecule has 1 amide bonds. The van der Waals surface area contributed by atoms with Crippen LogP contribution in [0.1, 0.15) is 10.4 Å². The van der Waals surface area contributed by atoms with E-state index in [-0.39, 0.29) is 5.91 Å². The molecule has 114 valence electrons. The van der Waals surface area contributed by atoms with Gasteiger partial charge in [0, 0.05) is 17.3 Å². The highest BCUT2D eigenvalue weighted by Crippen LogP contribution is 2.29. The first kappa shape index (κ1) is 15.5. The Morgan fingerprint density at radius 3 is 2.39 bits per heavy atom. The van der Waals surface area contributed by atoms with Gasteiger partial charge in [-0.25, -0.2) is 0 Å². The third-order valence-electron chi connectivity index (χ3n) is 3.31. The third-order valence-corrected chi connectivity index (χ3v) is 4.13. The second kappa shape index (κ2) is 6.82. The number of pyridine rings is 1. The van der Waals surface area contributed by atoms with Crippen LogP contribution in [0, 0.1) is 0 Å². The molecule has 0 unspecified atom stereocenters. The Morgan fingerprint density at radius 1 is 0.913 bits per heavy atom. The van der Waals surface area contributed by atoms with Crippen molar-refractivity contribution in [1.29, 1.82) is 0 Å². The number of nitrogens with zero attached hydrogens (tertiary/aromatic N) is 1. The first-order valence-corrected chi connectivity index (χ1v) is 7.67. The number of hydrogen-bond acceptors (Lipinski definition) is 2. The van der Waals surface area contributed by atoms with Crippen LogP contribution >= 0.6 is 23.2 Å². The molecule has 3 nitrogen and oxygen atoms in total. The molecule has 0 aliphatic carbocycles. The first-order chi connectivity index (χ1) is 11.1. The van der Waals surface area contributed by atoms with Crippen LogP contribution in [0.15, 0.2) is 66.9 Å². The van der Waals surface area contributed by atoms with E-state index < -0.39 is 0 Å².